The van der Waals surface area contributed by atoms with Crippen LogP contribution < -0.4 is 0 Å². The lowest BCUT2D eigenvalue weighted by molar-refractivity contribution is -0.150. The highest BCUT2D eigenvalue weighted by atomic mass is 16.5. The Morgan fingerprint density at radius 2 is 1.13 bits per heavy atom. The Bertz CT molecular complexity index is 886. The first-order valence-corrected chi connectivity index (χ1v) is 22.1. The smallest absolute Gasteiger partial charge is 0.306 e. The fraction of sp³-hybridized carbons (Fsp3) is 0.886. The SMILES string of the molecule is CCCCCCCCC(CC)OC(=O)CCCCCC(C)CN(CCn1ccnc1)CC(O)CCCCCC(=O)OC(CC)CCCCCCCC. The molecule has 304 valence electrons. The predicted octanol–water partition coefficient (Wildman–Crippen LogP) is 11.2. The lowest BCUT2D eigenvalue weighted by Crippen LogP contribution is -2.37. The van der Waals surface area contributed by atoms with Gasteiger partial charge in [0.1, 0.15) is 12.2 Å². The molecule has 0 saturated carbocycles. The maximum absolute atomic E-state index is 12.5. The maximum atomic E-state index is 12.5. The minimum absolute atomic E-state index is 0.0330. The number of carbonyl (C=O) groups excluding carboxylic acids is 2. The lowest BCUT2D eigenvalue weighted by Gasteiger charge is -2.28. The number of ether oxygens (including phenoxy) is 2. The number of aliphatic hydroxyl groups is 1. The molecule has 1 N–H and O–H groups in total. The van der Waals surface area contributed by atoms with E-state index in [9.17, 15) is 14.7 Å². The molecule has 4 unspecified atom stereocenters. The Morgan fingerprint density at radius 1 is 0.654 bits per heavy atom. The number of rotatable bonds is 37. The first kappa shape index (κ1) is 48.1. The Morgan fingerprint density at radius 3 is 1.63 bits per heavy atom. The number of aromatic nitrogens is 2. The molecule has 0 aliphatic carbocycles. The van der Waals surface area contributed by atoms with E-state index < -0.39 is 0 Å². The Kier molecular flexibility index (Phi) is 31.1. The highest BCUT2D eigenvalue weighted by Crippen LogP contribution is 2.18. The van der Waals surface area contributed by atoms with E-state index in [0.29, 0.717) is 25.3 Å². The molecule has 0 bridgehead atoms. The van der Waals surface area contributed by atoms with Gasteiger partial charge in [-0.05, 0) is 70.1 Å². The van der Waals surface area contributed by atoms with Gasteiger partial charge in [-0.15, -0.1) is 0 Å². The second-order valence-corrected chi connectivity index (χ2v) is 15.7. The summed E-state index contributed by atoms with van der Waals surface area (Å²) >= 11 is 0. The topological polar surface area (TPSA) is 93.9 Å². The van der Waals surface area contributed by atoms with Gasteiger partial charge >= 0.3 is 11.9 Å². The number of unbranched alkanes of at least 4 members (excludes halogenated alkanes) is 14. The lowest BCUT2D eigenvalue weighted by atomic mass is 10.0. The summed E-state index contributed by atoms with van der Waals surface area (Å²) in [5, 5.41) is 11.0. The van der Waals surface area contributed by atoms with E-state index in [1.807, 2.05) is 18.7 Å². The second kappa shape index (κ2) is 33.6. The molecule has 8 nitrogen and oxygen atoms in total. The van der Waals surface area contributed by atoms with Crippen LogP contribution in [0.4, 0.5) is 0 Å². The summed E-state index contributed by atoms with van der Waals surface area (Å²) in [6, 6.07) is 0. The zero-order valence-corrected chi connectivity index (χ0v) is 34.7. The van der Waals surface area contributed by atoms with Crippen molar-refractivity contribution in [1.29, 1.82) is 0 Å². The van der Waals surface area contributed by atoms with Gasteiger partial charge < -0.3 is 19.1 Å². The number of carbonyl (C=O) groups is 2. The van der Waals surface area contributed by atoms with Crippen molar-refractivity contribution in [2.75, 3.05) is 19.6 Å². The minimum atomic E-state index is -0.386. The van der Waals surface area contributed by atoms with Crippen LogP contribution in [0.5, 0.6) is 0 Å². The van der Waals surface area contributed by atoms with Gasteiger partial charge in [0, 0.05) is 51.4 Å². The van der Waals surface area contributed by atoms with Crippen LogP contribution in [0, 0.1) is 5.92 Å². The van der Waals surface area contributed by atoms with E-state index in [1.54, 1.807) is 0 Å². The maximum Gasteiger partial charge on any atom is 0.306 e. The largest absolute Gasteiger partial charge is 0.462 e. The standard InChI is InChI=1S/C44H83N3O5/c1-6-10-12-14-16-22-28-41(8-3)51-43(49)30-24-18-20-26-39(5)36-47(35-34-46-33-32-45-38-46)37-40(48)27-21-19-25-31-44(50)52-42(9-4)29-23-17-15-13-11-7-2/h32-33,38-42,48H,6-31,34-37H2,1-5H3. The van der Waals surface area contributed by atoms with E-state index in [1.165, 1.54) is 64.2 Å². The highest BCUT2D eigenvalue weighted by molar-refractivity contribution is 5.69. The summed E-state index contributed by atoms with van der Waals surface area (Å²) < 4.78 is 13.7. The first-order chi connectivity index (χ1) is 25.3. The van der Waals surface area contributed by atoms with E-state index in [-0.39, 0.29) is 30.3 Å². The fourth-order valence-electron chi connectivity index (χ4n) is 7.11. The van der Waals surface area contributed by atoms with Crippen molar-refractivity contribution in [3.63, 3.8) is 0 Å². The fourth-order valence-corrected chi connectivity index (χ4v) is 7.11. The Labute approximate surface area is 320 Å². The van der Waals surface area contributed by atoms with Crippen LogP contribution in [0.15, 0.2) is 18.7 Å². The third-order valence-electron chi connectivity index (χ3n) is 10.5. The van der Waals surface area contributed by atoms with Crippen molar-refractivity contribution >= 4 is 11.9 Å². The van der Waals surface area contributed by atoms with E-state index >= 15 is 0 Å². The second-order valence-electron chi connectivity index (χ2n) is 15.7. The molecule has 0 aliphatic heterocycles. The van der Waals surface area contributed by atoms with E-state index in [0.717, 1.165) is 110 Å². The normalized spacial score (nSPS) is 14.0. The molecule has 0 radical (unpaired) electrons. The summed E-state index contributed by atoms with van der Waals surface area (Å²) in [6.45, 7) is 14.3. The van der Waals surface area contributed by atoms with Gasteiger partial charge in [0.05, 0.1) is 12.4 Å². The molecule has 4 atom stereocenters. The van der Waals surface area contributed by atoms with E-state index in [2.05, 4.69) is 49.1 Å². The molecule has 0 aliphatic rings. The van der Waals surface area contributed by atoms with Gasteiger partial charge in [-0.3, -0.25) is 14.5 Å². The molecule has 1 aromatic heterocycles. The number of nitrogens with zero attached hydrogens (tertiary/aromatic N) is 3. The molecular formula is C44H83N3O5. The molecule has 0 fully saturated rings. The monoisotopic (exact) mass is 734 g/mol. The van der Waals surface area contributed by atoms with Gasteiger partial charge in [0.15, 0.2) is 0 Å². The van der Waals surface area contributed by atoms with Crippen LogP contribution in [0.25, 0.3) is 0 Å². The summed E-state index contributed by atoms with van der Waals surface area (Å²) in [5.74, 6) is 0.402. The summed E-state index contributed by atoms with van der Waals surface area (Å²) in [6.07, 6.45) is 32.8. The van der Waals surface area contributed by atoms with E-state index in [4.69, 9.17) is 9.47 Å². The van der Waals surface area contributed by atoms with Crippen molar-refractivity contribution < 1.29 is 24.2 Å². The van der Waals surface area contributed by atoms with Crippen molar-refractivity contribution in [3.8, 4) is 0 Å². The quantitative estimate of drug-likeness (QED) is 0.0537. The Hall–Kier alpha value is -1.93. The van der Waals surface area contributed by atoms with Crippen LogP contribution in [0.1, 0.15) is 202 Å². The minimum Gasteiger partial charge on any atom is -0.462 e. The van der Waals surface area contributed by atoms with Crippen LogP contribution in [-0.2, 0) is 25.6 Å². The molecule has 0 spiro atoms. The number of imidazole rings is 1. The average Bonchev–Trinajstić information content (AvgIpc) is 3.66. The van der Waals surface area contributed by atoms with Gasteiger partial charge in [0.25, 0.3) is 0 Å². The molecule has 8 heteroatoms. The van der Waals surface area contributed by atoms with Gasteiger partial charge in [-0.1, -0.05) is 125 Å². The van der Waals surface area contributed by atoms with Gasteiger partial charge in [0.2, 0.25) is 0 Å². The number of esters is 2. The van der Waals surface area contributed by atoms with Crippen LogP contribution in [0.2, 0.25) is 0 Å². The molecule has 1 rings (SSSR count). The molecule has 0 amide bonds. The number of hydrogen-bond donors (Lipinski definition) is 1. The molecule has 0 saturated heterocycles. The highest BCUT2D eigenvalue weighted by Gasteiger charge is 2.17. The molecule has 1 heterocycles. The molecule has 0 aromatic carbocycles. The van der Waals surface area contributed by atoms with Crippen molar-refractivity contribution in [2.45, 2.75) is 226 Å². The third-order valence-corrected chi connectivity index (χ3v) is 10.5. The summed E-state index contributed by atoms with van der Waals surface area (Å²) in [7, 11) is 0. The first-order valence-electron chi connectivity index (χ1n) is 22.1. The molecule has 52 heavy (non-hydrogen) atoms. The van der Waals surface area contributed by atoms with Crippen molar-refractivity contribution in [2.24, 2.45) is 5.92 Å². The summed E-state index contributed by atoms with van der Waals surface area (Å²) in [5.41, 5.74) is 0. The van der Waals surface area contributed by atoms with Crippen LogP contribution in [0.3, 0.4) is 0 Å². The predicted molar refractivity (Wildman–Crippen MR) is 216 cm³/mol. The van der Waals surface area contributed by atoms with Crippen molar-refractivity contribution in [1.82, 2.24) is 14.5 Å². The van der Waals surface area contributed by atoms with Crippen LogP contribution >= 0.6 is 0 Å². The number of hydrogen-bond acceptors (Lipinski definition) is 7. The molecule has 1 aromatic rings. The zero-order valence-electron chi connectivity index (χ0n) is 34.7. The third kappa shape index (κ3) is 27.6. The van der Waals surface area contributed by atoms with Gasteiger partial charge in [-0.2, -0.15) is 0 Å². The molecular weight excluding hydrogens is 650 g/mol. The summed E-state index contributed by atoms with van der Waals surface area (Å²) in [4.78, 5) is 31.5. The Balaban J connectivity index is 2.31. The van der Waals surface area contributed by atoms with Crippen molar-refractivity contribution in [3.05, 3.63) is 18.7 Å². The van der Waals surface area contributed by atoms with Gasteiger partial charge in [-0.25, -0.2) is 4.98 Å². The zero-order chi connectivity index (χ0) is 38.1. The van der Waals surface area contributed by atoms with Crippen LogP contribution in [-0.4, -0.2) is 69.4 Å². The number of aliphatic hydroxyl groups excluding tert-OH is 1. The average molecular weight is 734 g/mol.